The first-order valence-electron chi connectivity index (χ1n) is 15.9. The number of rotatable bonds is 13. The summed E-state index contributed by atoms with van der Waals surface area (Å²) in [6.45, 7) is 12.8. The zero-order chi connectivity index (χ0) is 35.8. The Balaban J connectivity index is 1.28. The van der Waals surface area contributed by atoms with Gasteiger partial charge in [0.05, 0.1) is 26.1 Å². The Morgan fingerprint density at radius 2 is 1.82 bits per heavy atom. The molecule has 0 radical (unpaired) electrons. The molecule has 2 aromatic carbocycles. The summed E-state index contributed by atoms with van der Waals surface area (Å²) in [5.74, 6) is 0.174. The van der Waals surface area contributed by atoms with Crippen molar-refractivity contribution in [3.8, 4) is 5.75 Å². The maximum atomic E-state index is 14.7. The van der Waals surface area contributed by atoms with Gasteiger partial charge in [-0.3, -0.25) is 13.9 Å². The van der Waals surface area contributed by atoms with Crippen molar-refractivity contribution in [3.63, 3.8) is 0 Å². The molecule has 0 spiro atoms. The van der Waals surface area contributed by atoms with Crippen molar-refractivity contribution in [2.75, 3.05) is 19.0 Å². The Morgan fingerprint density at radius 1 is 1.08 bits per heavy atom. The molecule has 50 heavy (non-hydrogen) atoms. The van der Waals surface area contributed by atoms with Gasteiger partial charge in [-0.2, -0.15) is 5.09 Å². The number of hydrogen-bond acceptors (Lipinski definition) is 14. The van der Waals surface area contributed by atoms with Gasteiger partial charge in [-0.25, -0.2) is 24.3 Å². The standard InChI is InChI=1S/C33H39N6O10P/c1-18(31(40)44-15-33(4,5)6)38-50(42,49-23-14-10-12-21-11-8-9-13-22(21)23)48-19(2)25-26-27(47-32(41)46-26)30(45-25)39-17-36-24-28(37-20(3)43-7)34-16-35-29(24)39/h8-14,16-19,25-27,30H,3,15H2,1-2,4-7H3,(H,38,42)(H,34,35,37)/t18?,19?,25-,26?,27?,30-,50?/m1/s1. The highest BCUT2D eigenvalue weighted by Gasteiger charge is 2.58. The quantitative estimate of drug-likeness (QED) is 0.101. The third-order valence-electron chi connectivity index (χ3n) is 7.92. The number of ether oxygens (including phenoxy) is 5. The predicted octanol–water partition coefficient (Wildman–Crippen LogP) is 5.47. The van der Waals surface area contributed by atoms with E-state index < -0.39 is 56.6 Å². The minimum absolute atomic E-state index is 0.141. The molecule has 0 amide bonds. The molecule has 2 aliphatic heterocycles. The molecule has 2 N–H and O–H groups in total. The van der Waals surface area contributed by atoms with E-state index in [4.69, 9.17) is 32.7 Å². The molecule has 4 heterocycles. The Hall–Kier alpha value is -4.76. The van der Waals surface area contributed by atoms with E-state index in [1.807, 2.05) is 51.1 Å². The highest BCUT2D eigenvalue weighted by molar-refractivity contribution is 7.52. The molecule has 4 aromatic rings. The van der Waals surface area contributed by atoms with Gasteiger partial charge in [-0.15, -0.1) is 0 Å². The SMILES string of the molecule is C=C(Nc1ncnc2c1ncn2[C@@H]1O[C@H](C(C)OP(=O)(NC(C)C(=O)OCC(C)(C)C)Oc2cccc3ccccc23)C2OC(=O)OC21)OC. The minimum Gasteiger partial charge on any atom is -0.483 e. The van der Waals surface area contributed by atoms with E-state index >= 15 is 0 Å². The molecule has 0 bridgehead atoms. The number of carbonyl (C=O) groups excluding carboxylic acids is 2. The van der Waals surface area contributed by atoms with Crippen LogP contribution in [0.1, 0.15) is 40.8 Å². The number of carbonyl (C=O) groups is 2. The number of nitrogens with zero attached hydrogens (tertiary/aromatic N) is 4. The van der Waals surface area contributed by atoms with Gasteiger partial charge < -0.3 is 33.5 Å². The van der Waals surface area contributed by atoms with Crippen LogP contribution in [0.3, 0.4) is 0 Å². The van der Waals surface area contributed by atoms with Crippen LogP contribution in [0.5, 0.6) is 5.75 Å². The van der Waals surface area contributed by atoms with Crippen molar-refractivity contribution in [1.29, 1.82) is 0 Å². The van der Waals surface area contributed by atoms with Crippen LogP contribution >= 0.6 is 7.75 Å². The van der Waals surface area contributed by atoms with Crippen molar-refractivity contribution < 1.29 is 46.9 Å². The minimum atomic E-state index is -4.40. The molecular weight excluding hydrogens is 671 g/mol. The van der Waals surface area contributed by atoms with Crippen LogP contribution in [-0.4, -0.2) is 75.8 Å². The summed E-state index contributed by atoms with van der Waals surface area (Å²) >= 11 is 0. The van der Waals surface area contributed by atoms with Crippen molar-refractivity contribution in [2.24, 2.45) is 5.41 Å². The van der Waals surface area contributed by atoms with E-state index in [1.54, 1.807) is 23.6 Å². The molecule has 17 heteroatoms. The van der Waals surface area contributed by atoms with Crippen molar-refractivity contribution >= 4 is 47.6 Å². The van der Waals surface area contributed by atoms with Crippen LogP contribution in [0.2, 0.25) is 0 Å². The highest BCUT2D eigenvalue weighted by Crippen LogP contribution is 2.50. The average molecular weight is 711 g/mol. The van der Waals surface area contributed by atoms with E-state index in [0.717, 1.165) is 5.39 Å². The monoisotopic (exact) mass is 710 g/mol. The zero-order valence-corrected chi connectivity index (χ0v) is 29.3. The second-order valence-electron chi connectivity index (χ2n) is 13.1. The molecular formula is C33H39N6O10P. The summed E-state index contributed by atoms with van der Waals surface area (Å²) < 4.78 is 56.6. The number of aromatic nitrogens is 4. The van der Waals surface area contributed by atoms with Gasteiger partial charge in [0.25, 0.3) is 0 Å². The van der Waals surface area contributed by atoms with Crippen LogP contribution < -0.4 is 14.9 Å². The first-order chi connectivity index (χ1) is 23.7. The molecule has 0 aliphatic carbocycles. The fourth-order valence-corrected chi connectivity index (χ4v) is 7.27. The lowest BCUT2D eigenvalue weighted by molar-refractivity contribution is -0.148. The first kappa shape index (κ1) is 35.1. The number of esters is 1. The summed E-state index contributed by atoms with van der Waals surface area (Å²) in [6.07, 6.45) is -3.11. The van der Waals surface area contributed by atoms with Crippen molar-refractivity contribution in [3.05, 3.63) is 67.6 Å². The van der Waals surface area contributed by atoms with E-state index in [0.29, 0.717) is 22.4 Å². The number of nitrogens with one attached hydrogen (secondary N) is 2. The lowest BCUT2D eigenvalue weighted by Gasteiger charge is -2.29. The average Bonchev–Trinajstić information content (AvgIpc) is 3.76. The van der Waals surface area contributed by atoms with Gasteiger partial charge in [-0.1, -0.05) is 57.2 Å². The van der Waals surface area contributed by atoms with Gasteiger partial charge in [0, 0.05) is 5.39 Å². The Morgan fingerprint density at radius 3 is 2.58 bits per heavy atom. The largest absolute Gasteiger partial charge is 0.509 e. The molecule has 7 atom stereocenters. The highest BCUT2D eigenvalue weighted by atomic mass is 31.2. The Labute approximate surface area is 288 Å². The number of imidazole rings is 1. The van der Waals surface area contributed by atoms with Gasteiger partial charge in [0.15, 0.2) is 41.3 Å². The number of anilines is 1. The van der Waals surface area contributed by atoms with Crippen LogP contribution in [0.15, 0.2) is 67.6 Å². The lowest BCUT2D eigenvalue weighted by Crippen LogP contribution is -2.41. The normalized spacial score (nSPS) is 22.6. The predicted molar refractivity (Wildman–Crippen MR) is 180 cm³/mol. The summed E-state index contributed by atoms with van der Waals surface area (Å²) in [7, 11) is -2.95. The first-order valence-corrected chi connectivity index (χ1v) is 17.4. The van der Waals surface area contributed by atoms with Gasteiger partial charge in [0.1, 0.15) is 24.2 Å². The maximum Gasteiger partial charge on any atom is 0.509 e. The van der Waals surface area contributed by atoms with Crippen molar-refractivity contribution in [2.45, 2.75) is 71.3 Å². The molecule has 2 aromatic heterocycles. The van der Waals surface area contributed by atoms with E-state index in [-0.39, 0.29) is 23.7 Å². The molecule has 16 nitrogen and oxygen atoms in total. The summed E-state index contributed by atoms with van der Waals surface area (Å²) in [4.78, 5) is 38.4. The topological polar surface area (TPSA) is 183 Å². The molecule has 5 unspecified atom stereocenters. The van der Waals surface area contributed by atoms with Crippen LogP contribution in [-0.2, 0) is 37.6 Å². The Kier molecular flexibility index (Phi) is 9.73. The molecule has 0 saturated carbocycles. The summed E-state index contributed by atoms with van der Waals surface area (Å²) in [6, 6.07) is 11.6. The molecule has 6 rings (SSSR count). The van der Waals surface area contributed by atoms with Gasteiger partial charge in [-0.05, 0) is 37.3 Å². The van der Waals surface area contributed by atoms with Crippen LogP contribution in [0.25, 0.3) is 21.9 Å². The van der Waals surface area contributed by atoms with Gasteiger partial charge >= 0.3 is 19.9 Å². The molecule has 266 valence electrons. The summed E-state index contributed by atoms with van der Waals surface area (Å²) in [5, 5.41) is 7.16. The Bertz CT molecular complexity index is 1960. The smallest absolute Gasteiger partial charge is 0.483 e. The summed E-state index contributed by atoms with van der Waals surface area (Å²) in [5.41, 5.74) is 0.426. The van der Waals surface area contributed by atoms with E-state index in [1.165, 1.54) is 26.7 Å². The number of hydrogen-bond donors (Lipinski definition) is 2. The molecule has 2 saturated heterocycles. The number of methoxy groups -OCH3 is 1. The second-order valence-corrected chi connectivity index (χ2v) is 14.7. The number of fused-ring (bicyclic) bond motifs is 3. The van der Waals surface area contributed by atoms with Crippen LogP contribution in [0.4, 0.5) is 10.6 Å². The van der Waals surface area contributed by atoms with Crippen molar-refractivity contribution in [1.82, 2.24) is 24.6 Å². The molecule has 2 aliphatic rings. The third-order valence-corrected chi connectivity index (χ3v) is 9.67. The third kappa shape index (κ3) is 7.38. The van der Waals surface area contributed by atoms with Crippen LogP contribution in [0, 0.1) is 5.41 Å². The fourth-order valence-electron chi connectivity index (χ4n) is 5.55. The lowest BCUT2D eigenvalue weighted by atomic mass is 9.99. The molecule has 2 fully saturated rings. The number of benzene rings is 2. The van der Waals surface area contributed by atoms with E-state index in [9.17, 15) is 14.2 Å². The van der Waals surface area contributed by atoms with E-state index in [2.05, 4.69) is 31.9 Å². The van der Waals surface area contributed by atoms with Gasteiger partial charge in [0.2, 0.25) is 0 Å². The fraction of sp³-hybridized carbons (Fsp3) is 0.424. The second kappa shape index (κ2) is 13.9. The maximum absolute atomic E-state index is 14.7. The zero-order valence-electron chi connectivity index (χ0n) is 28.4.